The molecule has 0 amide bonds. The Morgan fingerprint density at radius 1 is 1.00 bits per heavy atom. The molecule has 1 aliphatic heterocycles. The molecule has 0 atom stereocenters. The van der Waals surface area contributed by atoms with Gasteiger partial charge in [0.2, 0.25) is 5.95 Å². The van der Waals surface area contributed by atoms with Crippen molar-refractivity contribution in [2.45, 2.75) is 0 Å². The first-order valence-corrected chi connectivity index (χ1v) is 10.4. The molecule has 5 rings (SSSR count). The molecule has 1 N–H and O–H groups in total. The lowest BCUT2D eigenvalue weighted by atomic mass is 10.2. The van der Waals surface area contributed by atoms with Crippen LogP contribution in [-0.2, 0) is 0 Å². The Hall–Kier alpha value is -3.09. The number of para-hydroxylation sites is 3. The van der Waals surface area contributed by atoms with Crippen molar-refractivity contribution in [1.29, 1.82) is 0 Å². The summed E-state index contributed by atoms with van der Waals surface area (Å²) in [5.74, 6) is 1.11. The number of anilines is 3. The highest BCUT2D eigenvalue weighted by atomic mass is 35.5. The van der Waals surface area contributed by atoms with Crippen LogP contribution >= 0.6 is 11.6 Å². The third-order valence-electron chi connectivity index (χ3n) is 5.40. The number of furan rings is 1. The minimum Gasteiger partial charge on any atom is -0.454 e. The molecule has 0 spiro atoms. The Bertz CT molecular complexity index is 1150. The molecule has 1 fully saturated rings. The lowest BCUT2D eigenvalue weighted by molar-refractivity contribution is 0.313. The van der Waals surface area contributed by atoms with E-state index in [1.165, 1.54) is 0 Å². The molecule has 0 bridgehead atoms. The van der Waals surface area contributed by atoms with Gasteiger partial charge in [0.25, 0.3) is 0 Å². The van der Waals surface area contributed by atoms with Crippen molar-refractivity contribution in [2.75, 3.05) is 43.4 Å². The summed E-state index contributed by atoms with van der Waals surface area (Å²) in [6.45, 7) is 4.06. The topological polar surface area (TPSA) is 57.4 Å². The van der Waals surface area contributed by atoms with Crippen LogP contribution in [0.3, 0.4) is 0 Å². The summed E-state index contributed by atoms with van der Waals surface area (Å²) in [5.41, 5.74) is 3.49. The van der Waals surface area contributed by atoms with Crippen LogP contribution in [0.1, 0.15) is 0 Å². The van der Waals surface area contributed by atoms with Crippen molar-refractivity contribution >= 4 is 39.9 Å². The lowest BCUT2D eigenvalue weighted by Gasteiger charge is -2.35. The predicted octanol–water partition coefficient (Wildman–Crippen LogP) is 5.04. The second-order valence-electron chi connectivity index (χ2n) is 7.47. The number of aromatic nitrogens is 2. The molecule has 7 heteroatoms. The number of hydrogen-bond acceptors (Lipinski definition) is 6. The Kier molecular flexibility index (Phi) is 5.02. The molecule has 1 saturated heterocycles. The molecule has 4 aromatic rings. The fraction of sp³-hybridized carbons (Fsp3) is 0.217. The second-order valence-corrected chi connectivity index (χ2v) is 7.88. The number of piperazine rings is 1. The Morgan fingerprint density at radius 3 is 2.60 bits per heavy atom. The predicted molar refractivity (Wildman–Crippen MR) is 122 cm³/mol. The van der Waals surface area contributed by atoms with Gasteiger partial charge in [-0.15, -0.1) is 0 Å². The van der Waals surface area contributed by atoms with Gasteiger partial charge in [-0.05, 0) is 31.3 Å². The van der Waals surface area contributed by atoms with Gasteiger partial charge in [0, 0.05) is 31.6 Å². The van der Waals surface area contributed by atoms with Crippen molar-refractivity contribution in [3.8, 4) is 11.5 Å². The Labute approximate surface area is 180 Å². The number of likely N-dealkylation sites (N-methyl/N-ethyl adjacent to an activating group) is 1. The average Bonchev–Trinajstić information content (AvgIpc) is 3.20. The number of nitrogens with one attached hydrogen (secondary N) is 1. The lowest BCUT2D eigenvalue weighted by Crippen LogP contribution is -2.44. The number of halogens is 1. The highest BCUT2D eigenvalue weighted by molar-refractivity contribution is 6.32. The van der Waals surface area contributed by atoms with Gasteiger partial charge in [-0.3, -0.25) is 0 Å². The minimum atomic E-state index is 0.451. The van der Waals surface area contributed by atoms with Crippen LogP contribution in [0.4, 0.5) is 17.3 Å². The Balaban J connectivity index is 1.46. The zero-order chi connectivity index (χ0) is 20.5. The van der Waals surface area contributed by atoms with Gasteiger partial charge >= 0.3 is 0 Å². The van der Waals surface area contributed by atoms with E-state index in [0.29, 0.717) is 22.4 Å². The molecular formula is C23H22ClN5O. The number of rotatable bonds is 4. The quantitative estimate of drug-likeness (QED) is 0.500. The van der Waals surface area contributed by atoms with E-state index in [0.717, 1.165) is 48.5 Å². The van der Waals surface area contributed by atoms with E-state index in [9.17, 15) is 0 Å². The smallest absolute Gasteiger partial charge is 0.227 e. The summed E-state index contributed by atoms with van der Waals surface area (Å²) in [5, 5.41) is 4.84. The van der Waals surface area contributed by atoms with Crippen LogP contribution in [0.5, 0.6) is 0 Å². The third kappa shape index (κ3) is 3.72. The molecule has 2 aromatic carbocycles. The normalized spacial score (nSPS) is 14.9. The van der Waals surface area contributed by atoms with Gasteiger partial charge in [0.05, 0.1) is 22.6 Å². The third-order valence-corrected chi connectivity index (χ3v) is 5.67. The average molecular weight is 420 g/mol. The van der Waals surface area contributed by atoms with E-state index < -0.39 is 0 Å². The molecule has 0 saturated carbocycles. The molecular weight excluding hydrogens is 398 g/mol. The van der Waals surface area contributed by atoms with Crippen molar-refractivity contribution < 1.29 is 4.42 Å². The fourth-order valence-electron chi connectivity index (χ4n) is 3.72. The van der Waals surface area contributed by atoms with E-state index in [4.69, 9.17) is 16.0 Å². The first-order chi connectivity index (χ1) is 14.7. The first kappa shape index (κ1) is 18.9. The molecule has 1 aliphatic rings. The molecule has 3 heterocycles. The van der Waals surface area contributed by atoms with Crippen molar-refractivity contribution in [2.24, 2.45) is 0 Å². The maximum Gasteiger partial charge on any atom is 0.227 e. The second kappa shape index (κ2) is 7.97. The zero-order valence-electron chi connectivity index (χ0n) is 16.7. The number of nitrogens with zero attached hydrogens (tertiary/aromatic N) is 4. The van der Waals surface area contributed by atoms with Gasteiger partial charge in [-0.25, -0.2) is 9.97 Å². The summed E-state index contributed by atoms with van der Waals surface area (Å²) in [7, 11) is 2.16. The fourth-order valence-corrected chi connectivity index (χ4v) is 3.91. The van der Waals surface area contributed by atoms with E-state index in [-0.39, 0.29) is 0 Å². The van der Waals surface area contributed by atoms with Gasteiger partial charge < -0.3 is 19.5 Å². The molecule has 30 heavy (non-hydrogen) atoms. The van der Waals surface area contributed by atoms with Gasteiger partial charge in [0.15, 0.2) is 5.76 Å². The van der Waals surface area contributed by atoms with Crippen LogP contribution in [-0.4, -0.2) is 48.1 Å². The summed E-state index contributed by atoms with van der Waals surface area (Å²) in [6, 6.07) is 18.0. The molecule has 152 valence electrons. The molecule has 0 radical (unpaired) electrons. The van der Waals surface area contributed by atoms with Crippen LogP contribution in [0.2, 0.25) is 5.02 Å². The van der Waals surface area contributed by atoms with Crippen LogP contribution in [0, 0.1) is 0 Å². The largest absolute Gasteiger partial charge is 0.454 e. The summed E-state index contributed by atoms with van der Waals surface area (Å²) < 4.78 is 5.95. The number of benzene rings is 2. The molecule has 0 aliphatic carbocycles. The Morgan fingerprint density at radius 2 is 1.77 bits per heavy atom. The maximum atomic E-state index is 6.40. The standard InChI is InChI=1S/C23H22ClN5O/c1-28-10-12-29(13-11-28)19-8-4-3-7-18(19)26-23-25-15-17(24)22(27-23)21-14-16-6-2-5-9-20(16)30-21/h2-9,14-15H,10-13H2,1H3,(H,25,26,27). The number of hydrogen-bond donors (Lipinski definition) is 1. The van der Waals surface area contributed by atoms with E-state index in [2.05, 4.69) is 44.3 Å². The molecule has 6 nitrogen and oxygen atoms in total. The highest BCUT2D eigenvalue weighted by Crippen LogP contribution is 2.33. The SMILES string of the molecule is CN1CCN(c2ccccc2Nc2ncc(Cl)c(-c3cc4ccccc4o3)n2)CC1. The number of fused-ring (bicyclic) bond motifs is 1. The summed E-state index contributed by atoms with van der Waals surface area (Å²) >= 11 is 6.40. The van der Waals surface area contributed by atoms with Crippen molar-refractivity contribution in [3.05, 3.63) is 65.8 Å². The van der Waals surface area contributed by atoms with Gasteiger partial charge in [-0.2, -0.15) is 0 Å². The van der Waals surface area contributed by atoms with Crippen LogP contribution in [0.25, 0.3) is 22.4 Å². The first-order valence-electron chi connectivity index (χ1n) is 9.98. The van der Waals surface area contributed by atoms with E-state index >= 15 is 0 Å². The van der Waals surface area contributed by atoms with Crippen LogP contribution < -0.4 is 10.2 Å². The minimum absolute atomic E-state index is 0.451. The monoisotopic (exact) mass is 419 g/mol. The highest BCUT2D eigenvalue weighted by Gasteiger charge is 2.18. The summed E-state index contributed by atoms with van der Waals surface area (Å²) in [6.07, 6.45) is 1.61. The van der Waals surface area contributed by atoms with Crippen molar-refractivity contribution in [3.63, 3.8) is 0 Å². The van der Waals surface area contributed by atoms with E-state index in [1.807, 2.05) is 42.5 Å². The van der Waals surface area contributed by atoms with Crippen molar-refractivity contribution in [1.82, 2.24) is 14.9 Å². The maximum absolute atomic E-state index is 6.40. The zero-order valence-corrected chi connectivity index (χ0v) is 17.4. The van der Waals surface area contributed by atoms with E-state index in [1.54, 1.807) is 6.20 Å². The molecule has 0 unspecified atom stereocenters. The van der Waals surface area contributed by atoms with Crippen LogP contribution in [0.15, 0.2) is 65.2 Å². The molecule has 2 aromatic heterocycles. The van der Waals surface area contributed by atoms with Gasteiger partial charge in [0.1, 0.15) is 11.3 Å². The van der Waals surface area contributed by atoms with Gasteiger partial charge in [-0.1, -0.05) is 41.9 Å². The summed E-state index contributed by atoms with van der Waals surface area (Å²) in [4.78, 5) is 13.8.